The van der Waals surface area contributed by atoms with Crippen LogP contribution in [0.2, 0.25) is 0 Å². The zero-order valence-corrected chi connectivity index (χ0v) is 12.7. The number of aliphatic hydroxyl groups excluding tert-OH is 1. The van der Waals surface area contributed by atoms with Crippen LogP contribution in [0.3, 0.4) is 0 Å². The molecule has 0 saturated heterocycles. The first-order valence-corrected chi connectivity index (χ1v) is 7.35. The molecule has 2 N–H and O–H groups in total. The van der Waals surface area contributed by atoms with Gasteiger partial charge in [0.05, 0.1) is 12.7 Å². The van der Waals surface area contributed by atoms with Crippen LogP contribution in [0.25, 0.3) is 0 Å². The lowest BCUT2D eigenvalue weighted by Crippen LogP contribution is -2.35. The lowest BCUT2D eigenvalue weighted by atomic mass is 10.1. The normalized spacial score (nSPS) is 12.1. The molecule has 1 amide bonds. The van der Waals surface area contributed by atoms with Crippen molar-refractivity contribution in [2.75, 3.05) is 20.3 Å². The fourth-order valence-corrected chi connectivity index (χ4v) is 2.26. The molecule has 0 saturated carbocycles. The quantitative estimate of drug-likeness (QED) is 0.776. The Morgan fingerprint density at radius 1 is 1.27 bits per heavy atom. The number of aryl methyl sites for hydroxylation is 2. The molecule has 0 bridgehead atoms. The Kier molecular flexibility index (Phi) is 6.18. The molecular formula is C17H22N2O3. The molecule has 1 heterocycles. The number of ether oxygens (including phenoxy) is 1. The average molecular weight is 302 g/mol. The van der Waals surface area contributed by atoms with Gasteiger partial charge in [-0.2, -0.15) is 0 Å². The lowest BCUT2D eigenvalue weighted by molar-refractivity contribution is 0.0607. The molecule has 1 atom stereocenters. The number of nitrogens with zero attached hydrogens (tertiary/aromatic N) is 1. The molecule has 5 heteroatoms. The molecular weight excluding hydrogens is 280 g/mol. The van der Waals surface area contributed by atoms with E-state index in [4.69, 9.17) is 4.74 Å². The van der Waals surface area contributed by atoms with Crippen LogP contribution in [0.15, 0.2) is 48.7 Å². The summed E-state index contributed by atoms with van der Waals surface area (Å²) in [4.78, 5) is 12.2. The van der Waals surface area contributed by atoms with Gasteiger partial charge in [-0.1, -0.05) is 30.3 Å². The van der Waals surface area contributed by atoms with E-state index < -0.39 is 6.10 Å². The smallest absolute Gasteiger partial charge is 0.267 e. The maximum Gasteiger partial charge on any atom is 0.267 e. The van der Waals surface area contributed by atoms with Crippen LogP contribution in [-0.4, -0.2) is 41.9 Å². The number of carbonyl (C=O) groups excluding carboxylic acids is 1. The van der Waals surface area contributed by atoms with Crippen LogP contribution in [0.4, 0.5) is 0 Å². The summed E-state index contributed by atoms with van der Waals surface area (Å²) < 4.78 is 6.75. The molecule has 1 aromatic carbocycles. The summed E-state index contributed by atoms with van der Waals surface area (Å²) in [6, 6.07) is 13.8. The SMILES string of the molecule is COCC(O)CNC(=O)c1cccn1CCc1ccccc1. The summed E-state index contributed by atoms with van der Waals surface area (Å²) >= 11 is 0. The highest BCUT2D eigenvalue weighted by Gasteiger charge is 2.12. The highest BCUT2D eigenvalue weighted by Crippen LogP contribution is 2.06. The van der Waals surface area contributed by atoms with Crippen molar-refractivity contribution in [1.82, 2.24) is 9.88 Å². The second kappa shape index (κ2) is 8.36. The summed E-state index contributed by atoms with van der Waals surface area (Å²) in [5, 5.41) is 12.3. The van der Waals surface area contributed by atoms with Crippen LogP contribution in [-0.2, 0) is 17.7 Å². The van der Waals surface area contributed by atoms with Crippen LogP contribution in [0, 0.1) is 0 Å². The molecule has 2 rings (SSSR count). The zero-order chi connectivity index (χ0) is 15.8. The van der Waals surface area contributed by atoms with E-state index >= 15 is 0 Å². The third-order valence-corrected chi connectivity index (χ3v) is 3.40. The molecule has 5 nitrogen and oxygen atoms in total. The second-order valence-corrected chi connectivity index (χ2v) is 5.14. The van der Waals surface area contributed by atoms with Gasteiger partial charge in [0.15, 0.2) is 0 Å². The Bertz CT molecular complexity index is 581. The monoisotopic (exact) mass is 302 g/mol. The van der Waals surface area contributed by atoms with Gasteiger partial charge in [-0.3, -0.25) is 4.79 Å². The van der Waals surface area contributed by atoms with Gasteiger partial charge in [-0.05, 0) is 24.1 Å². The van der Waals surface area contributed by atoms with E-state index in [1.165, 1.54) is 12.7 Å². The number of rotatable bonds is 8. The first-order valence-electron chi connectivity index (χ1n) is 7.35. The van der Waals surface area contributed by atoms with E-state index in [0.717, 1.165) is 13.0 Å². The van der Waals surface area contributed by atoms with Gasteiger partial charge in [-0.15, -0.1) is 0 Å². The topological polar surface area (TPSA) is 63.5 Å². The maximum absolute atomic E-state index is 12.2. The number of aliphatic hydroxyl groups is 1. The minimum Gasteiger partial charge on any atom is -0.389 e. The van der Waals surface area contributed by atoms with Gasteiger partial charge < -0.3 is 19.7 Å². The van der Waals surface area contributed by atoms with Crippen molar-refractivity contribution >= 4 is 5.91 Å². The van der Waals surface area contributed by atoms with Gasteiger partial charge in [0.2, 0.25) is 0 Å². The molecule has 0 aliphatic heterocycles. The number of benzene rings is 1. The summed E-state index contributed by atoms with van der Waals surface area (Å²) in [6.45, 7) is 1.12. The second-order valence-electron chi connectivity index (χ2n) is 5.14. The molecule has 0 aliphatic rings. The summed E-state index contributed by atoms with van der Waals surface area (Å²) in [7, 11) is 1.51. The Morgan fingerprint density at radius 2 is 2.05 bits per heavy atom. The molecule has 118 valence electrons. The van der Waals surface area contributed by atoms with E-state index in [1.54, 1.807) is 6.07 Å². The van der Waals surface area contributed by atoms with E-state index in [0.29, 0.717) is 5.69 Å². The van der Waals surface area contributed by atoms with Crippen molar-refractivity contribution in [2.45, 2.75) is 19.1 Å². The van der Waals surface area contributed by atoms with Crippen LogP contribution < -0.4 is 5.32 Å². The third kappa shape index (κ3) is 4.72. The summed E-state index contributed by atoms with van der Waals surface area (Å²) in [5.74, 6) is -0.187. The number of methoxy groups -OCH3 is 1. The maximum atomic E-state index is 12.2. The van der Waals surface area contributed by atoms with Crippen molar-refractivity contribution in [3.8, 4) is 0 Å². The van der Waals surface area contributed by atoms with Gasteiger partial charge in [0, 0.05) is 26.4 Å². The Balaban J connectivity index is 1.90. The first kappa shape index (κ1) is 16.3. The van der Waals surface area contributed by atoms with Gasteiger partial charge in [0.25, 0.3) is 5.91 Å². The number of carbonyl (C=O) groups is 1. The average Bonchev–Trinajstić information content (AvgIpc) is 3.00. The van der Waals surface area contributed by atoms with E-state index in [9.17, 15) is 9.90 Å². The van der Waals surface area contributed by atoms with E-state index in [1.807, 2.05) is 35.0 Å². The van der Waals surface area contributed by atoms with Crippen molar-refractivity contribution in [3.05, 3.63) is 59.9 Å². The van der Waals surface area contributed by atoms with Crippen molar-refractivity contribution in [2.24, 2.45) is 0 Å². The number of aromatic nitrogens is 1. The Labute approximate surface area is 130 Å². The number of hydrogen-bond acceptors (Lipinski definition) is 3. The van der Waals surface area contributed by atoms with Crippen LogP contribution in [0.1, 0.15) is 16.1 Å². The van der Waals surface area contributed by atoms with Crippen LogP contribution >= 0.6 is 0 Å². The highest BCUT2D eigenvalue weighted by molar-refractivity contribution is 5.92. The first-order chi connectivity index (χ1) is 10.7. The van der Waals surface area contributed by atoms with Gasteiger partial charge in [0.1, 0.15) is 5.69 Å². The third-order valence-electron chi connectivity index (χ3n) is 3.40. The fourth-order valence-electron chi connectivity index (χ4n) is 2.26. The largest absolute Gasteiger partial charge is 0.389 e. The van der Waals surface area contributed by atoms with E-state index in [-0.39, 0.29) is 19.1 Å². The molecule has 1 unspecified atom stereocenters. The number of hydrogen-bond donors (Lipinski definition) is 2. The summed E-state index contributed by atoms with van der Waals surface area (Å²) in [5.41, 5.74) is 1.83. The van der Waals surface area contributed by atoms with E-state index in [2.05, 4.69) is 17.4 Å². The molecule has 22 heavy (non-hydrogen) atoms. The van der Waals surface area contributed by atoms with Gasteiger partial charge >= 0.3 is 0 Å². The molecule has 0 aliphatic carbocycles. The molecule has 2 aromatic rings. The molecule has 0 fully saturated rings. The van der Waals surface area contributed by atoms with Gasteiger partial charge in [-0.25, -0.2) is 0 Å². The standard InChI is InChI=1S/C17H22N2O3/c1-22-13-15(20)12-18-17(21)16-8-5-10-19(16)11-9-14-6-3-2-4-7-14/h2-8,10,15,20H,9,11-13H2,1H3,(H,18,21). The Hall–Kier alpha value is -2.11. The predicted octanol–water partition coefficient (Wildman–Crippen LogP) is 1.47. The molecule has 0 spiro atoms. The molecule has 1 aromatic heterocycles. The van der Waals surface area contributed by atoms with Crippen molar-refractivity contribution in [1.29, 1.82) is 0 Å². The minimum absolute atomic E-state index is 0.177. The zero-order valence-electron chi connectivity index (χ0n) is 12.7. The van der Waals surface area contributed by atoms with Crippen molar-refractivity contribution in [3.63, 3.8) is 0 Å². The lowest BCUT2D eigenvalue weighted by Gasteiger charge is -2.12. The summed E-state index contributed by atoms with van der Waals surface area (Å²) in [6.07, 6.45) is 2.06. The van der Waals surface area contributed by atoms with Crippen molar-refractivity contribution < 1.29 is 14.6 Å². The predicted molar refractivity (Wildman–Crippen MR) is 84.8 cm³/mol. The number of amides is 1. The molecule has 0 radical (unpaired) electrons. The fraction of sp³-hybridized carbons (Fsp3) is 0.353. The minimum atomic E-state index is -0.693. The number of nitrogens with one attached hydrogen (secondary N) is 1. The van der Waals surface area contributed by atoms with Crippen LogP contribution in [0.5, 0.6) is 0 Å². The highest BCUT2D eigenvalue weighted by atomic mass is 16.5. The Morgan fingerprint density at radius 3 is 2.77 bits per heavy atom.